The summed E-state index contributed by atoms with van der Waals surface area (Å²) >= 11 is 0. The number of carbonyl (C=O) groups excluding carboxylic acids is 1. The highest BCUT2D eigenvalue weighted by Crippen LogP contribution is 2.25. The summed E-state index contributed by atoms with van der Waals surface area (Å²) < 4.78 is 19.3. The number of hydrogen-bond donors (Lipinski definition) is 2. The Morgan fingerprint density at radius 2 is 2.11 bits per heavy atom. The second-order valence-electron chi connectivity index (χ2n) is 7.10. The van der Waals surface area contributed by atoms with Crippen LogP contribution >= 0.6 is 0 Å². The van der Waals surface area contributed by atoms with Crippen molar-refractivity contribution in [2.75, 3.05) is 26.7 Å². The van der Waals surface area contributed by atoms with Gasteiger partial charge in [-0.1, -0.05) is 0 Å². The van der Waals surface area contributed by atoms with E-state index in [-0.39, 0.29) is 19.0 Å². The van der Waals surface area contributed by atoms with Gasteiger partial charge in [0.1, 0.15) is 11.6 Å². The van der Waals surface area contributed by atoms with Gasteiger partial charge in [-0.3, -0.25) is 9.78 Å². The number of benzene rings is 1. The van der Waals surface area contributed by atoms with Gasteiger partial charge in [0.15, 0.2) is 5.60 Å². The van der Waals surface area contributed by atoms with E-state index >= 15 is 0 Å². The Balaban J connectivity index is 1.58. The van der Waals surface area contributed by atoms with Crippen molar-refractivity contribution in [2.45, 2.75) is 31.4 Å². The fourth-order valence-corrected chi connectivity index (χ4v) is 3.46. The molecule has 1 aliphatic heterocycles. The standard InChI is InChI=1S/C21H26FN3O3/c1-28-18-3-4-19(22)17(13-18)14-25-12-2-8-21(27,20(25)26)15-24-11-7-16-5-9-23-10-6-16/h3-6,9-10,13,24,27H,2,7-8,11-12,14-15H2,1H3/t21-/m0/s1. The van der Waals surface area contributed by atoms with Crippen LogP contribution in [0.2, 0.25) is 0 Å². The molecule has 1 fully saturated rings. The van der Waals surface area contributed by atoms with Gasteiger partial charge in [0.2, 0.25) is 0 Å². The molecule has 0 spiro atoms. The first-order valence-electron chi connectivity index (χ1n) is 9.45. The molecular weight excluding hydrogens is 361 g/mol. The van der Waals surface area contributed by atoms with Crippen molar-refractivity contribution in [1.29, 1.82) is 0 Å². The number of methoxy groups -OCH3 is 1. The van der Waals surface area contributed by atoms with Gasteiger partial charge < -0.3 is 20.1 Å². The molecule has 6 nitrogen and oxygen atoms in total. The number of nitrogens with one attached hydrogen (secondary N) is 1. The second kappa shape index (κ2) is 9.12. The Labute approximate surface area is 164 Å². The SMILES string of the molecule is COc1ccc(F)c(CN2CCC[C@](O)(CNCCc3ccncc3)C2=O)c1. The number of pyridine rings is 1. The summed E-state index contributed by atoms with van der Waals surface area (Å²) in [5.41, 5.74) is 0.0495. The average Bonchev–Trinajstić information content (AvgIpc) is 2.71. The lowest BCUT2D eigenvalue weighted by atomic mass is 9.91. The van der Waals surface area contributed by atoms with Crippen molar-refractivity contribution in [2.24, 2.45) is 0 Å². The normalized spacial score (nSPS) is 19.7. The first-order valence-corrected chi connectivity index (χ1v) is 9.45. The van der Waals surface area contributed by atoms with Crippen molar-refractivity contribution < 1.29 is 19.0 Å². The predicted octanol–water partition coefficient (Wildman–Crippen LogP) is 1.92. The number of aliphatic hydroxyl groups is 1. The average molecular weight is 387 g/mol. The highest BCUT2D eigenvalue weighted by Gasteiger charge is 2.41. The summed E-state index contributed by atoms with van der Waals surface area (Å²) in [7, 11) is 1.51. The van der Waals surface area contributed by atoms with Gasteiger partial charge in [-0.25, -0.2) is 4.39 Å². The quantitative estimate of drug-likeness (QED) is 0.677. The molecule has 28 heavy (non-hydrogen) atoms. The minimum atomic E-state index is -1.47. The number of aromatic nitrogens is 1. The molecule has 1 aromatic carbocycles. The number of carbonyl (C=O) groups is 1. The van der Waals surface area contributed by atoms with E-state index in [1.165, 1.54) is 18.1 Å². The van der Waals surface area contributed by atoms with Gasteiger partial charge in [0.25, 0.3) is 5.91 Å². The lowest BCUT2D eigenvalue weighted by Crippen LogP contribution is -2.57. The third kappa shape index (κ3) is 4.85. The Bertz CT molecular complexity index is 803. The maximum atomic E-state index is 14.1. The van der Waals surface area contributed by atoms with E-state index in [0.29, 0.717) is 37.2 Å². The monoisotopic (exact) mass is 387 g/mol. The number of rotatable bonds is 8. The number of piperidine rings is 1. The van der Waals surface area contributed by atoms with Gasteiger partial charge in [0, 0.05) is 37.6 Å². The number of nitrogens with zero attached hydrogens (tertiary/aromatic N) is 2. The lowest BCUT2D eigenvalue weighted by Gasteiger charge is -2.38. The summed E-state index contributed by atoms with van der Waals surface area (Å²) in [6.07, 6.45) is 5.32. The number of halogens is 1. The molecule has 0 bridgehead atoms. The molecule has 1 saturated heterocycles. The Morgan fingerprint density at radius 3 is 2.86 bits per heavy atom. The number of hydrogen-bond acceptors (Lipinski definition) is 5. The zero-order valence-electron chi connectivity index (χ0n) is 16.0. The minimum absolute atomic E-state index is 0.112. The molecule has 0 saturated carbocycles. The Hall–Kier alpha value is -2.51. The summed E-state index contributed by atoms with van der Waals surface area (Å²) in [5, 5.41) is 14.0. The fraction of sp³-hybridized carbons (Fsp3) is 0.429. The minimum Gasteiger partial charge on any atom is -0.497 e. The van der Waals surface area contributed by atoms with E-state index in [9.17, 15) is 14.3 Å². The van der Waals surface area contributed by atoms with E-state index in [0.717, 1.165) is 12.0 Å². The van der Waals surface area contributed by atoms with Crippen molar-refractivity contribution in [3.63, 3.8) is 0 Å². The van der Waals surface area contributed by atoms with Crippen LogP contribution in [-0.2, 0) is 17.8 Å². The molecule has 2 N–H and O–H groups in total. The molecule has 1 atom stereocenters. The Morgan fingerprint density at radius 1 is 1.32 bits per heavy atom. The third-order valence-electron chi connectivity index (χ3n) is 5.08. The van der Waals surface area contributed by atoms with Crippen molar-refractivity contribution in [3.05, 3.63) is 59.7 Å². The highest BCUT2D eigenvalue weighted by molar-refractivity contribution is 5.86. The molecule has 1 aliphatic rings. The zero-order valence-corrected chi connectivity index (χ0v) is 16.0. The first-order chi connectivity index (χ1) is 13.5. The summed E-state index contributed by atoms with van der Waals surface area (Å²) in [6, 6.07) is 8.33. The van der Waals surface area contributed by atoms with Gasteiger partial charge in [-0.05, 0) is 61.7 Å². The molecule has 3 rings (SSSR count). The van der Waals surface area contributed by atoms with Crippen LogP contribution in [0.1, 0.15) is 24.0 Å². The van der Waals surface area contributed by atoms with E-state index in [2.05, 4.69) is 10.3 Å². The van der Waals surface area contributed by atoms with Crippen LogP contribution in [0, 0.1) is 5.82 Å². The highest BCUT2D eigenvalue weighted by atomic mass is 19.1. The zero-order chi connectivity index (χ0) is 20.0. The van der Waals surface area contributed by atoms with Gasteiger partial charge in [-0.15, -0.1) is 0 Å². The van der Waals surface area contributed by atoms with Gasteiger partial charge in [-0.2, -0.15) is 0 Å². The van der Waals surface area contributed by atoms with Crippen LogP contribution in [0.15, 0.2) is 42.7 Å². The topological polar surface area (TPSA) is 74.7 Å². The molecule has 7 heteroatoms. The maximum Gasteiger partial charge on any atom is 0.256 e. The molecule has 0 unspecified atom stereocenters. The van der Waals surface area contributed by atoms with Gasteiger partial charge >= 0.3 is 0 Å². The fourth-order valence-electron chi connectivity index (χ4n) is 3.46. The van der Waals surface area contributed by atoms with Crippen molar-refractivity contribution >= 4 is 5.91 Å². The molecular formula is C21H26FN3O3. The third-order valence-corrected chi connectivity index (χ3v) is 5.08. The number of likely N-dealkylation sites (tertiary alicyclic amines) is 1. The summed E-state index contributed by atoms with van der Waals surface area (Å²) in [4.78, 5) is 18.4. The molecule has 0 radical (unpaired) electrons. The van der Waals surface area contributed by atoms with Gasteiger partial charge in [0.05, 0.1) is 7.11 Å². The molecule has 0 aliphatic carbocycles. The van der Waals surface area contributed by atoms with Crippen LogP contribution in [0.25, 0.3) is 0 Å². The van der Waals surface area contributed by atoms with Crippen LogP contribution in [0.3, 0.4) is 0 Å². The van der Waals surface area contributed by atoms with Crippen LogP contribution in [0.4, 0.5) is 4.39 Å². The molecule has 1 aromatic heterocycles. The van der Waals surface area contributed by atoms with Crippen molar-refractivity contribution in [1.82, 2.24) is 15.2 Å². The van der Waals surface area contributed by atoms with E-state index in [1.807, 2.05) is 12.1 Å². The Kier molecular flexibility index (Phi) is 6.59. The maximum absolute atomic E-state index is 14.1. The van der Waals surface area contributed by atoms with E-state index < -0.39 is 11.4 Å². The van der Waals surface area contributed by atoms with Crippen LogP contribution < -0.4 is 10.1 Å². The molecule has 2 heterocycles. The van der Waals surface area contributed by atoms with Crippen molar-refractivity contribution in [3.8, 4) is 5.75 Å². The lowest BCUT2D eigenvalue weighted by molar-refractivity contribution is -0.157. The van der Waals surface area contributed by atoms with Crippen LogP contribution in [-0.4, -0.2) is 53.2 Å². The second-order valence-corrected chi connectivity index (χ2v) is 7.10. The molecule has 2 aromatic rings. The predicted molar refractivity (Wildman–Crippen MR) is 103 cm³/mol. The molecule has 150 valence electrons. The smallest absolute Gasteiger partial charge is 0.256 e. The van der Waals surface area contributed by atoms with Crippen LogP contribution in [0.5, 0.6) is 5.75 Å². The largest absolute Gasteiger partial charge is 0.497 e. The molecule has 1 amide bonds. The van der Waals surface area contributed by atoms with E-state index in [4.69, 9.17) is 4.74 Å². The summed E-state index contributed by atoms with van der Waals surface area (Å²) in [5.74, 6) is -0.218. The van der Waals surface area contributed by atoms with E-state index in [1.54, 1.807) is 24.5 Å². The number of amides is 1. The summed E-state index contributed by atoms with van der Waals surface area (Å²) in [6.45, 7) is 1.42. The number of ether oxygens (including phenoxy) is 1. The first kappa shape index (κ1) is 20.2.